The highest BCUT2D eigenvalue weighted by Crippen LogP contribution is 2.70. The van der Waals surface area contributed by atoms with E-state index in [0.717, 1.165) is 44.6 Å². The van der Waals surface area contributed by atoms with Crippen LogP contribution in [0.4, 0.5) is 0 Å². The van der Waals surface area contributed by atoms with E-state index in [1.54, 1.807) is 0 Å². The van der Waals surface area contributed by atoms with Crippen LogP contribution in [0.3, 0.4) is 0 Å². The fourth-order valence-corrected chi connectivity index (χ4v) is 14.0. The Bertz CT molecular complexity index is 1170. The van der Waals surface area contributed by atoms with Crippen molar-refractivity contribution in [1.29, 1.82) is 0 Å². The normalized spacial score (nSPS) is 54.4. The Morgan fingerprint density at radius 1 is 0.814 bits per heavy atom. The maximum absolute atomic E-state index is 12.1. The van der Waals surface area contributed by atoms with Crippen molar-refractivity contribution in [2.24, 2.45) is 64.1 Å². The maximum atomic E-state index is 12.1. The molecule has 2 heterocycles. The lowest BCUT2D eigenvalue weighted by Crippen LogP contribution is -2.67. The number of nitrogens with zero attached hydrogens (tertiary/aromatic N) is 1. The van der Waals surface area contributed by atoms with Crippen LogP contribution in [0, 0.1) is 64.1 Å². The average molecular weight is 590 g/mol. The number of benzene rings is 1. The van der Waals surface area contributed by atoms with Crippen LogP contribution in [0.2, 0.25) is 0 Å². The zero-order valence-corrected chi connectivity index (χ0v) is 27.2. The Morgan fingerprint density at radius 2 is 1.63 bits per heavy atom. The molecule has 7 fully saturated rings. The number of piperidine rings is 2. The lowest BCUT2D eigenvalue weighted by Gasteiger charge is -2.60. The molecule has 1 aromatic rings. The van der Waals surface area contributed by atoms with Crippen molar-refractivity contribution in [3.63, 3.8) is 0 Å². The van der Waals surface area contributed by atoms with Crippen molar-refractivity contribution in [3.8, 4) is 0 Å². The summed E-state index contributed by atoms with van der Waals surface area (Å²) in [5.41, 5.74) is 1.01. The van der Waals surface area contributed by atoms with Gasteiger partial charge in [0.1, 0.15) is 0 Å². The van der Waals surface area contributed by atoms with Gasteiger partial charge in [-0.1, -0.05) is 44.2 Å². The second kappa shape index (κ2) is 10.5. The molecule has 0 amide bonds. The Hall–Kier alpha value is -0.940. The molecule has 0 radical (unpaired) electrons. The van der Waals surface area contributed by atoms with Crippen molar-refractivity contribution < 1.29 is 15.3 Å². The smallest absolute Gasteiger partial charge is 0.0805 e. The van der Waals surface area contributed by atoms with Crippen LogP contribution >= 0.6 is 0 Å². The van der Waals surface area contributed by atoms with Crippen LogP contribution in [0.25, 0.3) is 0 Å². The topological polar surface area (TPSA) is 63.9 Å². The standard InChI is InChI=1S/C39H59NO3/c1-24-9-14-35-38(3,43)31-13-12-27-28(30(31)22-40(35)21-24)17-32-29(27)18-34(41)33-19-36(42)39(23-37(32,33)2)16-15-26(20-39)11-10-25-7-5-4-6-8-25/h4-8,24,26-36,41-43H,9-23H2,1-3H3/t24-,26+,27+,28+,29+,30+,31-,32-,33+,34+,35-,36-,37-,38+,39-/m1/s1. The fraction of sp³-hybridized carbons (Fsp3) is 0.846. The molecule has 2 saturated heterocycles. The Kier molecular flexibility index (Phi) is 7.22. The molecule has 3 N–H and O–H groups in total. The van der Waals surface area contributed by atoms with Gasteiger partial charge in [-0.3, -0.25) is 4.90 Å². The summed E-state index contributed by atoms with van der Waals surface area (Å²) in [5, 5.41) is 35.6. The molecule has 4 heteroatoms. The van der Waals surface area contributed by atoms with Gasteiger partial charge in [-0.25, -0.2) is 0 Å². The summed E-state index contributed by atoms with van der Waals surface area (Å²) in [7, 11) is 0. The summed E-state index contributed by atoms with van der Waals surface area (Å²) < 4.78 is 0. The lowest BCUT2D eigenvalue weighted by atomic mass is 9.46. The van der Waals surface area contributed by atoms with Crippen LogP contribution in [0.1, 0.15) is 103 Å². The number of rotatable bonds is 3. The van der Waals surface area contributed by atoms with E-state index >= 15 is 0 Å². The van der Waals surface area contributed by atoms with E-state index < -0.39 is 5.60 Å². The third-order valence-electron chi connectivity index (χ3n) is 15.8. The van der Waals surface area contributed by atoms with Crippen LogP contribution in [-0.2, 0) is 6.42 Å². The van der Waals surface area contributed by atoms with Crippen molar-refractivity contribution in [2.75, 3.05) is 13.1 Å². The molecule has 8 rings (SSSR count). The maximum Gasteiger partial charge on any atom is 0.0805 e. The van der Waals surface area contributed by atoms with Gasteiger partial charge >= 0.3 is 0 Å². The highest BCUT2D eigenvalue weighted by atomic mass is 16.3. The summed E-state index contributed by atoms with van der Waals surface area (Å²) in [4.78, 5) is 2.71. The van der Waals surface area contributed by atoms with Gasteiger partial charge < -0.3 is 15.3 Å². The molecule has 0 unspecified atom stereocenters. The molecule has 238 valence electrons. The van der Waals surface area contributed by atoms with Gasteiger partial charge in [0.15, 0.2) is 0 Å². The molecule has 43 heavy (non-hydrogen) atoms. The van der Waals surface area contributed by atoms with E-state index in [4.69, 9.17) is 0 Å². The monoisotopic (exact) mass is 589 g/mol. The largest absolute Gasteiger partial charge is 0.393 e. The first-order chi connectivity index (χ1) is 20.6. The molecule has 5 aliphatic carbocycles. The summed E-state index contributed by atoms with van der Waals surface area (Å²) in [6, 6.07) is 11.3. The first kappa shape index (κ1) is 29.5. The van der Waals surface area contributed by atoms with E-state index in [1.807, 2.05) is 0 Å². The van der Waals surface area contributed by atoms with E-state index in [9.17, 15) is 15.3 Å². The fourth-order valence-electron chi connectivity index (χ4n) is 14.0. The molecule has 0 bridgehead atoms. The van der Waals surface area contributed by atoms with Gasteiger partial charge in [0, 0.05) is 19.1 Å². The minimum Gasteiger partial charge on any atom is -0.393 e. The molecule has 0 aromatic heterocycles. The van der Waals surface area contributed by atoms with Crippen LogP contribution in [-0.4, -0.2) is 57.2 Å². The number of aliphatic hydroxyl groups is 3. The van der Waals surface area contributed by atoms with Gasteiger partial charge in [-0.2, -0.15) is 0 Å². The number of hydrogen-bond donors (Lipinski definition) is 3. The zero-order valence-electron chi connectivity index (χ0n) is 27.2. The molecule has 15 atom stereocenters. The van der Waals surface area contributed by atoms with E-state index in [1.165, 1.54) is 63.5 Å². The third kappa shape index (κ3) is 4.57. The molecule has 4 nitrogen and oxygen atoms in total. The Morgan fingerprint density at radius 3 is 2.44 bits per heavy atom. The molecule has 1 aromatic carbocycles. The van der Waals surface area contributed by atoms with Gasteiger partial charge in [-0.05, 0) is 160 Å². The summed E-state index contributed by atoms with van der Waals surface area (Å²) in [5.74, 6) is 5.36. The van der Waals surface area contributed by atoms with Gasteiger partial charge in [0.25, 0.3) is 0 Å². The Labute approximate surface area is 261 Å². The molecular formula is C39H59NO3. The van der Waals surface area contributed by atoms with Crippen molar-refractivity contribution in [3.05, 3.63) is 35.9 Å². The van der Waals surface area contributed by atoms with Crippen molar-refractivity contribution >= 4 is 0 Å². The highest BCUT2D eigenvalue weighted by Gasteiger charge is 2.67. The Balaban J connectivity index is 1.03. The second-order valence-corrected chi connectivity index (χ2v) is 17.9. The summed E-state index contributed by atoms with van der Waals surface area (Å²) in [6.07, 6.45) is 14.4. The molecular weight excluding hydrogens is 530 g/mol. The summed E-state index contributed by atoms with van der Waals surface area (Å²) >= 11 is 0. The number of aryl methyl sites for hydroxylation is 1. The molecule has 2 aliphatic heterocycles. The van der Waals surface area contributed by atoms with Gasteiger partial charge in [-0.15, -0.1) is 0 Å². The van der Waals surface area contributed by atoms with E-state index in [2.05, 4.69) is 56.0 Å². The van der Waals surface area contributed by atoms with E-state index in [-0.39, 0.29) is 29.0 Å². The van der Waals surface area contributed by atoms with Gasteiger partial charge in [0.2, 0.25) is 0 Å². The number of fused-ring (bicyclic) bond motifs is 8. The first-order valence-corrected chi connectivity index (χ1v) is 18.5. The minimum absolute atomic E-state index is 0.0379. The van der Waals surface area contributed by atoms with Crippen molar-refractivity contribution in [1.82, 2.24) is 4.90 Å². The predicted molar refractivity (Wildman–Crippen MR) is 171 cm³/mol. The van der Waals surface area contributed by atoms with Gasteiger partial charge in [0.05, 0.1) is 17.8 Å². The average Bonchev–Trinajstić information content (AvgIpc) is 3.56. The third-order valence-corrected chi connectivity index (χ3v) is 15.8. The lowest BCUT2D eigenvalue weighted by molar-refractivity contribution is -0.180. The second-order valence-electron chi connectivity index (χ2n) is 17.9. The van der Waals surface area contributed by atoms with E-state index in [0.29, 0.717) is 47.5 Å². The van der Waals surface area contributed by atoms with Crippen LogP contribution in [0.5, 0.6) is 0 Å². The first-order valence-electron chi connectivity index (χ1n) is 18.5. The minimum atomic E-state index is -0.578. The van der Waals surface area contributed by atoms with Crippen LogP contribution < -0.4 is 0 Å². The predicted octanol–water partition coefficient (Wildman–Crippen LogP) is 6.71. The highest BCUT2D eigenvalue weighted by molar-refractivity contribution is 5.18. The molecule has 5 saturated carbocycles. The van der Waals surface area contributed by atoms with Crippen LogP contribution in [0.15, 0.2) is 30.3 Å². The SMILES string of the molecule is C[C@@H]1CC[C@H]2N(C1)C[C@H]1[C@H]3C[C@@H]4[C@@H](C[C@H](O)[C@@H]5C[C@@H](O)[C@@]6(CC[C@H](CCc7ccccc7)C6)C[C@]45C)[C@H]3CC[C@H]1[C@]2(C)O. The number of hydrogen-bond acceptors (Lipinski definition) is 4. The zero-order chi connectivity index (χ0) is 29.7. The summed E-state index contributed by atoms with van der Waals surface area (Å²) in [6.45, 7) is 9.50. The molecule has 1 spiro atoms. The number of aliphatic hydroxyl groups excluding tert-OH is 2. The molecule has 7 aliphatic rings. The van der Waals surface area contributed by atoms with Crippen molar-refractivity contribution in [2.45, 2.75) is 128 Å². The quantitative estimate of drug-likeness (QED) is 0.367.